The Bertz CT molecular complexity index is 529. The molecular formula is C15H19N3. The first-order chi connectivity index (χ1) is 8.56. The van der Waals surface area contributed by atoms with Gasteiger partial charge in [-0.1, -0.05) is 24.3 Å². The number of nitrogens with zero attached hydrogens (tertiary/aromatic N) is 2. The summed E-state index contributed by atoms with van der Waals surface area (Å²) in [5.41, 5.74) is 4.53. The number of nitrogens with one attached hydrogen (secondary N) is 1. The minimum atomic E-state index is 0.201. The zero-order valence-corrected chi connectivity index (χ0v) is 11.4. The third-order valence-corrected chi connectivity index (χ3v) is 2.98. The van der Waals surface area contributed by atoms with E-state index in [0.717, 1.165) is 11.4 Å². The second kappa shape index (κ2) is 5.17. The van der Waals surface area contributed by atoms with Crippen LogP contribution in [0.1, 0.15) is 35.5 Å². The summed E-state index contributed by atoms with van der Waals surface area (Å²) in [4.78, 5) is 8.81. The highest BCUT2D eigenvalue weighted by atomic mass is 15.1. The van der Waals surface area contributed by atoms with E-state index in [-0.39, 0.29) is 6.04 Å². The number of hydrogen-bond donors (Lipinski definition) is 1. The van der Waals surface area contributed by atoms with Gasteiger partial charge in [-0.25, -0.2) is 9.97 Å². The standard InChI is InChI=1S/C15H19N3/c1-10-7-5-6-8-14(10)13(4)18-15-16-11(2)9-12(3)17-15/h5-9,13H,1-4H3,(H,16,17,18)/t13-/m0/s1. The minimum Gasteiger partial charge on any atom is -0.348 e. The predicted molar refractivity (Wildman–Crippen MR) is 74.7 cm³/mol. The third kappa shape index (κ3) is 2.86. The Kier molecular flexibility index (Phi) is 3.60. The van der Waals surface area contributed by atoms with Gasteiger partial charge in [0, 0.05) is 11.4 Å². The quantitative estimate of drug-likeness (QED) is 0.892. The maximum absolute atomic E-state index is 4.41. The summed E-state index contributed by atoms with van der Waals surface area (Å²) < 4.78 is 0. The fourth-order valence-electron chi connectivity index (χ4n) is 2.13. The van der Waals surface area contributed by atoms with Gasteiger partial charge in [0.15, 0.2) is 0 Å². The van der Waals surface area contributed by atoms with Gasteiger partial charge in [0.2, 0.25) is 5.95 Å². The minimum absolute atomic E-state index is 0.201. The molecule has 1 aromatic heterocycles. The summed E-state index contributed by atoms with van der Waals surface area (Å²) in [6, 6.07) is 10.5. The molecule has 0 radical (unpaired) electrons. The van der Waals surface area contributed by atoms with Crippen LogP contribution in [-0.2, 0) is 0 Å². The molecule has 18 heavy (non-hydrogen) atoms. The molecule has 0 bridgehead atoms. The first-order valence-corrected chi connectivity index (χ1v) is 6.20. The smallest absolute Gasteiger partial charge is 0.223 e. The van der Waals surface area contributed by atoms with Gasteiger partial charge in [-0.3, -0.25) is 0 Å². The van der Waals surface area contributed by atoms with Crippen LogP contribution >= 0.6 is 0 Å². The molecule has 1 aromatic carbocycles. The Hall–Kier alpha value is -1.90. The molecule has 0 saturated carbocycles. The highest BCUT2D eigenvalue weighted by Gasteiger charge is 2.09. The van der Waals surface area contributed by atoms with Crippen LogP contribution in [0.5, 0.6) is 0 Å². The van der Waals surface area contributed by atoms with E-state index in [1.807, 2.05) is 19.9 Å². The number of anilines is 1. The highest BCUT2D eigenvalue weighted by molar-refractivity contribution is 5.36. The first-order valence-electron chi connectivity index (χ1n) is 6.20. The molecule has 94 valence electrons. The normalized spacial score (nSPS) is 12.2. The molecular weight excluding hydrogens is 222 g/mol. The number of aromatic nitrogens is 2. The largest absolute Gasteiger partial charge is 0.348 e. The average molecular weight is 241 g/mol. The summed E-state index contributed by atoms with van der Waals surface area (Å²) in [6.07, 6.45) is 0. The molecule has 0 amide bonds. The molecule has 1 atom stereocenters. The lowest BCUT2D eigenvalue weighted by atomic mass is 10.0. The van der Waals surface area contributed by atoms with Crippen molar-refractivity contribution in [3.63, 3.8) is 0 Å². The molecule has 0 fully saturated rings. The van der Waals surface area contributed by atoms with Crippen LogP contribution in [0, 0.1) is 20.8 Å². The van der Waals surface area contributed by atoms with Crippen molar-refractivity contribution in [3.8, 4) is 0 Å². The molecule has 0 unspecified atom stereocenters. The molecule has 0 aliphatic carbocycles. The Morgan fingerprint density at radius 1 is 1.00 bits per heavy atom. The van der Waals surface area contributed by atoms with Gasteiger partial charge < -0.3 is 5.32 Å². The Balaban J connectivity index is 2.21. The second-order valence-corrected chi connectivity index (χ2v) is 4.70. The molecule has 3 nitrogen and oxygen atoms in total. The van der Waals surface area contributed by atoms with E-state index in [2.05, 4.69) is 53.4 Å². The SMILES string of the molecule is Cc1cc(C)nc(N[C@@H](C)c2ccccc2C)n1. The second-order valence-electron chi connectivity index (χ2n) is 4.70. The lowest BCUT2D eigenvalue weighted by Gasteiger charge is -2.16. The van der Waals surface area contributed by atoms with Crippen molar-refractivity contribution < 1.29 is 0 Å². The van der Waals surface area contributed by atoms with Crippen LogP contribution < -0.4 is 5.32 Å². The van der Waals surface area contributed by atoms with Crippen molar-refractivity contribution in [1.29, 1.82) is 0 Å². The van der Waals surface area contributed by atoms with Crippen LogP contribution in [0.4, 0.5) is 5.95 Å². The van der Waals surface area contributed by atoms with Crippen LogP contribution in [0.15, 0.2) is 30.3 Å². The van der Waals surface area contributed by atoms with Crippen LogP contribution in [-0.4, -0.2) is 9.97 Å². The highest BCUT2D eigenvalue weighted by Crippen LogP contribution is 2.20. The summed E-state index contributed by atoms with van der Waals surface area (Å²) >= 11 is 0. The lowest BCUT2D eigenvalue weighted by molar-refractivity contribution is 0.845. The molecule has 2 rings (SSSR count). The van der Waals surface area contributed by atoms with E-state index in [9.17, 15) is 0 Å². The number of rotatable bonds is 3. The molecule has 2 aromatic rings. The molecule has 1 heterocycles. The Labute approximate surface area is 108 Å². The Morgan fingerprint density at radius 2 is 1.61 bits per heavy atom. The Morgan fingerprint density at radius 3 is 2.22 bits per heavy atom. The number of aryl methyl sites for hydroxylation is 3. The number of benzene rings is 1. The number of hydrogen-bond acceptors (Lipinski definition) is 3. The van der Waals surface area contributed by atoms with E-state index < -0.39 is 0 Å². The fraction of sp³-hybridized carbons (Fsp3) is 0.333. The summed E-state index contributed by atoms with van der Waals surface area (Å²) in [6.45, 7) is 8.22. The van der Waals surface area contributed by atoms with Gasteiger partial charge in [0.25, 0.3) is 0 Å². The van der Waals surface area contributed by atoms with Crippen LogP contribution in [0.25, 0.3) is 0 Å². The molecule has 3 heteroatoms. The summed E-state index contributed by atoms with van der Waals surface area (Å²) in [5.74, 6) is 0.697. The van der Waals surface area contributed by atoms with Crippen LogP contribution in [0.3, 0.4) is 0 Å². The first kappa shape index (κ1) is 12.6. The molecule has 0 aliphatic rings. The summed E-state index contributed by atoms with van der Waals surface area (Å²) in [5, 5.41) is 3.36. The topological polar surface area (TPSA) is 37.8 Å². The van der Waals surface area contributed by atoms with E-state index in [1.54, 1.807) is 0 Å². The van der Waals surface area contributed by atoms with Gasteiger partial charge in [-0.15, -0.1) is 0 Å². The molecule has 0 aliphatic heterocycles. The lowest BCUT2D eigenvalue weighted by Crippen LogP contribution is -2.11. The fourth-order valence-corrected chi connectivity index (χ4v) is 2.13. The predicted octanol–water partition coefficient (Wildman–Crippen LogP) is 3.57. The van der Waals surface area contributed by atoms with E-state index in [0.29, 0.717) is 5.95 Å². The van der Waals surface area contributed by atoms with Crippen molar-refractivity contribution in [1.82, 2.24) is 9.97 Å². The van der Waals surface area contributed by atoms with Crippen molar-refractivity contribution in [2.45, 2.75) is 33.7 Å². The average Bonchev–Trinajstić information content (AvgIpc) is 2.27. The van der Waals surface area contributed by atoms with E-state index >= 15 is 0 Å². The molecule has 0 saturated heterocycles. The van der Waals surface area contributed by atoms with Gasteiger partial charge in [0.05, 0.1) is 6.04 Å². The van der Waals surface area contributed by atoms with Gasteiger partial charge in [-0.2, -0.15) is 0 Å². The van der Waals surface area contributed by atoms with Crippen molar-refractivity contribution in [3.05, 3.63) is 52.8 Å². The van der Waals surface area contributed by atoms with E-state index in [1.165, 1.54) is 11.1 Å². The van der Waals surface area contributed by atoms with E-state index in [4.69, 9.17) is 0 Å². The third-order valence-electron chi connectivity index (χ3n) is 2.98. The summed E-state index contributed by atoms with van der Waals surface area (Å²) in [7, 11) is 0. The van der Waals surface area contributed by atoms with Crippen molar-refractivity contribution >= 4 is 5.95 Å². The monoisotopic (exact) mass is 241 g/mol. The maximum atomic E-state index is 4.41. The van der Waals surface area contributed by atoms with Gasteiger partial charge in [0.1, 0.15) is 0 Å². The zero-order chi connectivity index (χ0) is 13.1. The zero-order valence-electron chi connectivity index (χ0n) is 11.4. The van der Waals surface area contributed by atoms with Crippen molar-refractivity contribution in [2.24, 2.45) is 0 Å². The van der Waals surface area contributed by atoms with Gasteiger partial charge in [-0.05, 0) is 44.9 Å². The van der Waals surface area contributed by atoms with Crippen LogP contribution in [0.2, 0.25) is 0 Å². The maximum Gasteiger partial charge on any atom is 0.223 e. The van der Waals surface area contributed by atoms with Crippen molar-refractivity contribution in [2.75, 3.05) is 5.32 Å². The molecule has 1 N–H and O–H groups in total. The molecule has 0 spiro atoms. The van der Waals surface area contributed by atoms with Gasteiger partial charge >= 0.3 is 0 Å².